The number of nitrogens with zero attached hydrogens (tertiary/aromatic N) is 2. The fraction of sp³-hybridized carbons (Fsp3) is 0.929. The van der Waals surface area contributed by atoms with Gasteiger partial charge < -0.3 is 15.5 Å². The van der Waals surface area contributed by atoms with Gasteiger partial charge in [0, 0.05) is 26.7 Å². The number of carbonyl (C=O) groups excluding carboxylic acids is 1. The zero-order valence-corrected chi connectivity index (χ0v) is 11.8. The van der Waals surface area contributed by atoms with Crippen molar-refractivity contribution in [1.29, 1.82) is 0 Å². The van der Waals surface area contributed by atoms with E-state index in [4.69, 9.17) is 5.73 Å². The van der Waals surface area contributed by atoms with Crippen molar-refractivity contribution in [1.82, 2.24) is 9.80 Å². The smallest absolute Gasteiger partial charge is 0.229 e. The first-order valence-corrected chi connectivity index (χ1v) is 7.21. The fourth-order valence-electron chi connectivity index (χ4n) is 3.05. The van der Waals surface area contributed by atoms with Crippen LogP contribution in [0.1, 0.15) is 32.1 Å². The van der Waals surface area contributed by atoms with Gasteiger partial charge in [-0.3, -0.25) is 4.79 Å². The van der Waals surface area contributed by atoms with Crippen LogP contribution >= 0.6 is 0 Å². The first-order chi connectivity index (χ1) is 8.57. The van der Waals surface area contributed by atoms with Gasteiger partial charge >= 0.3 is 0 Å². The van der Waals surface area contributed by atoms with E-state index < -0.39 is 0 Å². The van der Waals surface area contributed by atoms with Crippen LogP contribution in [0.4, 0.5) is 0 Å². The van der Waals surface area contributed by atoms with E-state index in [2.05, 4.69) is 11.9 Å². The summed E-state index contributed by atoms with van der Waals surface area (Å²) in [7, 11) is 4.12. The molecule has 2 rings (SSSR count). The highest BCUT2D eigenvalue weighted by atomic mass is 16.2. The molecular weight excluding hydrogens is 226 g/mol. The molecule has 1 saturated carbocycles. The molecule has 1 aliphatic heterocycles. The molecule has 0 spiro atoms. The van der Waals surface area contributed by atoms with Crippen LogP contribution in [0.15, 0.2) is 0 Å². The Bertz CT molecular complexity index is 301. The summed E-state index contributed by atoms with van der Waals surface area (Å²) >= 11 is 0. The lowest BCUT2D eigenvalue weighted by Gasteiger charge is -2.31. The van der Waals surface area contributed by atoms with Gasteiger partial charge in [0.05, 0.1) is 5.41 Å². The number of likely N-dealkylation sites (tertiary alicyclic amines) is 1. The lowest BCUT2D eigenvalue weighted by atomic mass is 9.94. The topological polar surface area (TPSA) is 49.6 Å². The summed E-state index contributed by atoms with van der Waals surface area (Å²) in [5.74, 6) is 1.03. The minimum absolute atomic E-state index is 0.182. The molecule has 2 N–H and O–H groups in total. The van der Waals surface area contributed by atoms with Gasteiger partial charge in [0.2, 0.25) is 5.91 Å². The van der Waals surface area contributed by atoms with Crippen molar-refractivity contribution in [3.63, 3.8) is 0 Å². The van der Waals surface area contributed by atoms with Crippen LogP contribution < -0.4 is 5.73 Å². The Hall–Kier alpha value is -0.610. The summed E-state index contributed by atoms with van der Waals surface area (Å²) in [5, 5.41) is 0. The zero-order valence-electron chi connectivity index (χ0n) is 11.8. The molecule has 0 aromatic heterocycles. The van der Waals surface area contributed by atoms with Gasteiger partial charge in [-0.25, -0.2) is 0 Å². The molecule has 0 aromatic carbocycles. The Morgan fingerprint density at radius 3 is 2.78 bits per heavy atom. The van der Waals surface area contributed by atoms with Crippen molar-refractivity contribution in [2.24, 2.45) is 17.1 Å². The van der Waals surface area contributed by atoms with Crippen molar-refractivity contribution < 1.29 is 4.79 Å². The molecule has 1 aliphatic carbocycles. The van der Waals surface area contributed by atoms with Crippen molar-refractivity contribution >= 4 is 5.91 Å². The normalized spacial score (nSPS) is 26.9. The summed E-state index contributed by atoms with van der Waals surface area (Å²) < 4.78 is 0. The molecular formula is C14H27N3O. The summed E-state index contributed by atoms with van der Waals surface area (Å²) in [6.07, 6.45) is 5.71. The van der Waals surface area contributed by atoms with E-state index in [0.717, 1.165) is 31.7 Å². The number of amides is 1. The van der Waals surface area contributed by atoms with Crippen molar-refractivity contribution in [2.45, 2.75) is 32.1 Å². The third-order valence-electron chi connectivity index (χ3n) is 4.64. The number of piperidine rings is 1. The second-order valence-corrected chi connectivity index (χ2v) is 6.27. The van der Waals surface area contributed by atoms with Crippen LogP contribution in [0.2, 0.25) is 0 Å². The van der Waals surface area contributed by atoms with E-state index in [-0.39, 0.29) is 11.3 Å². The second-order valence-electron chi connectivity index (χ2n) is 6.27. The molecule has 2 aliphatic rings. The van der Waals surface area contributed by atoms with Gasteiger partial charge in [-0.1, -0.05) is 0 Å². The molecule has 4 nitrogen and oxygen atoms in total. The Labute approximate surface area is 110 Å². The van der Waals surface area contributed by atoms with Crippen LogP contribution in [-0.4, -0.2) is 56.0 Å². The van der Waals surface area contributed by atoms with Crippen molar-refractivity contribution in [3.8, 4) is 0 Å². The second kappa shape index (κ2) is 5.57. The van der Waals surface area contributed by atoms with E-state index in [1.165, 1.54) is 25.9 Å². The van der Waals surface area contributed by atoms with E-state index in [1.54, 1.807) is 0 Å². The monoisotopic (exact) mass is 253 g/mol. The fourth-order valence-corrected chi connectivity index (χ4v) is 3.05. The number of hydrogen-bond acceptors (Lipinski definition) is 3. The predicted molar refractivity (Wildman–Crippen MR) is 73.2 cm³/mol. The summed E-state index contributed by atoms with van der Waals surface area (Å²) in [6, 6.07) is 0. The van der Waals surface area contributed by atoms with Gasteiger partial charge in [0.15, 0.2) is 0 Å². The molecule has 1 heterocycles. The summed E-state index contributed by atoms with van der Waals surface area (Å²) in [4.78, 5) is 16.5. The Kier molecular flexibility index (Phi) is 4.28. The summed E-state index contributed by atoms with van der Waals surface area (Å²) in [6.45, 7) is 3.81. The molecule has 0 aromatic rings. The molecule has 4 heteroatoms. The highest BCUT2D eigenvalue weighted by Gasteiger charge is 2.49. The van der Waals surface area contributed by atoms with E-state index in [1.807, 2.05) is 11.9 Å². The maximum Gasteiger partial charge on any atom is 0.229 e. The van der Waals surface area contributed by atoms with E-state index in [0.29, 0.717) is 6.54 Å². The van der Waals surface area contributed by atoms with Crippen LogP contribution in [-0.2, 0) is 4.79 Å². The first kappa shape index (κ1) is 13.8. The lowest BCUT2D eigenvalue weighted by molar-refractivity contribution is -0.135. The highest BCUT2D eigenvalue weighted by Crippen LogP contribution is 2.45. The number of hydrogen-bond donors (Lipinski definition) is 1. The van der Waals surface area contributed by atoms with Gasteiger partial charge in [0.1, 0.15) is 0 Å². The van der Waals surface area contributed by atoms with Gasteiger partial charge in [0.25, 0.3) is 0 Å². The Morgan fingerprint density at radius 1 is 1.50 bits per heavy atom. The van der Waals surface area contributed by atoms with Gasteiger partial charge in [-0.15, -0.1) is 0 Å². The van der Waals surface area contributed by atoms with E-state index >= 15 is 0 Å². The molecule has 0 radical (unpaired) electrons. The maximum absolute atomic E-state index is 12.2. The van der Waals surface area contributed by atoms with E-state index in [9.17, 15) is 4.79 Å². The minimum Gasteiger partial charge on any atom is -0.345 e. The number of carbonyl (C=O) groups is 1. The molecule has 1 unspecified atom stereocenters. The largest absolute Gasteiger partial charge is 0.345 e. The van der Waals surface area contributed by atoms with Gasteiger partial charge in [-0.2, -0.15) is 0 Å². The third kappa shape index (κ3) is 3.04. The maximum atomic E-state index is 12.2. The van der Waals surface area contributed by atoms with Crippen LogP contribution in [0.25, 0.3) is 0 Å². The minimum atomic E-state index is -0.182. The van der Waals surface area contributed by atoms with Crippen LogP contribution in [0, 0.1) is 11.3 Å². The Morgan fingerprint density at radius 2 is 2.22 bits per heavy atom. The standard InChI is InChI=1S/C14H27N3O/c1-16-8-3-4-12(10-16)5-9-17(2)13(18)14(11-15)6-7-14/h12H,3-11,15H2,1-2H3. The number of nitrogens with two attached hydrogens (primary N) is 1. The van der Waals surface area contributed by atoms with Crippen molar-refractivity contribution in [2.75, 3.05) is 40.3 Å². The SMILES string of the molecule is CN1CCCC(CCN(C)C(=O)C2(CN)CC2)C1. The van der Waals surface area contributed by atoms with Gasteiger partial charge in [-0.05, 0) is 51.6 Å². The van der Waals surface area contributed by atoms with Crippen LogP contribution in [0.3, 0.4) is 0 Å². The zero-order chi connectivity index (χ0) is 13.2. The molecule has 1 saturated heterocycles. The average molecular weight is 253 g/mol. The predicted octanol–water partition coefficient (Wildman–Crippen LogP) is 0.916. The number of rotatable bonds is 5. The molecule has 104 valence electrons. The third-order valence-corrected chi connectivity index (χ3v) is 4.64. The van der Waals surface area contributed by atoms with Crippen LogP contribution in [0.5, 0.6) is 0 Å². The molecule has 0 bridgehead atoms. The summed E-state index contributed by atoms with van der Waals surface area (Å²) in [5.41, 5.74) is 5.53. The molecule has 18 heavy (non-hydrogen) atoms. The first-order valence-electron chi connectivity index (χ1n) is 7.21. The molecule has 1 atom stereocenters. The lowest BCUT2D eigenvalue weighted by Crippen LogP contribution is -2.40. The highest BCUT2D eigenvalue weighted by molar-refractivity contribution is 5.85. The Balaban J connectivity index is 1.74. The average Bonchev–Trinajstić information content (AvgIpc) is 3.16. The molecule has 2 fully saturated rings. The van der Waals surface area contributed by atoms with Crippen molar-refractivity contribution in [3.05, 3.63) is 0 Å². The quantitative estimate of drug-likeness (QED) is 0.792. The molecule has 1 amide bonds.